The normalized spacial score (nSPS) is 10.8. The van der Waals surface area contributed by atoms with Crippen LogP contribution in [0.2, 0.25) is 0 Å². The van der Waals surface area contributed by atoms with E-state index in [9.17, 15) is 22.0 Å². The molecule has 3 N–H and O–H groups in total. The highest BCUT2D eigenvalue weighted by molar-refractivity contribution is 5.47. The van der Waals surface area contributed by atoms with Gasteiger partial charge in [-0.1, -0.05) is 6.42 Å². The lowest BCUT2D eigenvalue weighted by atomic mass is 10.2. The maximum atomic E-state index is 13.2. The van der Waals surface area contributed by atoms with E-state index in [2.05, 4.69) is 5.32 Å². The second-order valence-electron chi connectivity index (χ2n) is 3.72. The van der Waals surface area contributed by atoms with Crippen molar-refractivity contribution >= 4 is 5.69 Å². The van der Waals surface area contributed by atoms with E-state index in [4.69, 9.17) is 5.73 Å². The van der Waals surface area contributed by atoms with Gasteiger partial charge in [-0.2, -0.15) is 0 Å². The molecule has 1 aromatic rings. The van der Waals surface area contributed by atoms with Crippen LogP contribution in [0.4, 0.5) is 27.6 Å². The Labute approximate surface area is 101 Å². The number of anilines is 1. The van der Waals surface area contributed by atoms with Crippen molar-refractivity contribution in [2.24, 2.45) is 5.73 Å². The largest absolute Gasteiger partial charge is 0.380 e. The summed E-state index contributed by atoms with van der Waals surface area (Å²) in [4.78, 5) is 0. The highest BCUT2D eigenvalue weighted by Crippen LogP contribution is 2.26. The molecule has 0 unspecified atom stereocenters. The molecule has 0 radical (unpaired) electrons. The van der Waals surface area contributed by atoms with Crippen LogP contribution in [-0.2, 0) is 0 Å². The first-order valence-electron chi connectivity index (χ1n) is 5.46. The van der Waals surface area contributed by atoms with Crippen LogP contribution >= 0.6 is 0 Å². The minimum absolute atomic E-state index is 0.109. The molecule has 0 amide bonds. The Morgan fingerprint density at radius 1 is 0.722 bits per heavy atom. The van der Waals surface area contributed by atoms with Gasteiger partial charge in [0.1, 0.15) is 5.69 Å². The molecule has 1 aromatic carbocycles. The summed E-state index contributed by atoms with van der Waals surface area (Å²) in [6, 6.07) is 0. The maximum absolute atomic E-state index is 13.2. The van der Waals surface area contributed by atoms with E-state index < -0.39 is 34.8 Å². The molecule has 2 nitrogen and oxygen atoms in total. The molecular formula is C11H13F5N2. The van der Waals surface area contributed by atoms with Crippen LogP contribution in [0.3, 0.4) is 0 Å². The van der Waals surface area contributed by atoms with Gasteiger partial charge in [0.25, 0.3) is 0 Å². The van der Waals surface area contributed by atoms with Gasteiger partial charge in [0.2, 0.25) is 5.82 Å². The third-order valence-electron chi connectivity index (χ3n) is 2.39. The first kappa shape index (κ1) is 14.7. The Morgan fingerprint density at radius 2 is 1.22 bits per heavy atom. The van der Waals surface area contributed by atoms with Crippen LogP contribution in [0.1, 0.15) is 19.3 Å². The fourth-order valence-corrected chi connectivity index (χ4v) is 1.42. The lowest BCUT2D eigenvalue weighted by Crippen LogP contribution is -2.11. The molecule has 7 heteroatoms. The van der Waals surface area contributed by atoms with Gasteiger partial charge in [0.15, 0.2) is 23.3 Å². The molecule has 1 rings (SSSR count). The van der Waals surface area contributed by atoms with Gasteiger partial charge in [-0.15, -0.1) is 0 Å². The molecule has 102 valence electrons. The standard InChI is InChI=1S/C11H13F5N2/c12-6-7(13)9(15)11(10(16)8(6)14)18-5-3-1-2-4-17/h18H,1-5,17H2. The highest BCUT2D eigenvalue weighted by Gasteiger charge is 2.25. The highest BCUT2D eigenvalue weighted by atomic mass is 19.2. The van der Waals surface area contributed by atoms with Crippen molar-refractivity contribution in [3.63, 3.8) is 0 Å². The summed E-state index contributed by atoms with van der Waals surface area (Å²) >= 11 is 0. The van der Waals surface area contributed by atoms with Crippen LogP contribution < -0.4 is 11.1 Å². The number of unbranched alkanes of at least 4 members (excludes halogenated alkanes) is 2. The molecule has 0 spiro atoms. The van der Waals surface area contributed by atoms with E-state index >= 15 is 0 Å². The smallest absolute Gasteiger partial charge is 0.200 e. The van der Waals surface area contributed by atoms with Crippen LogP contribution in [0, 0.1) is 29.1 Å². The molecule has 0 aromatic heterocycles. The molecule has 0 atom stereocenters. The molecule has 0 saturated carbocycles. The summed E-state index contributed by atoms with van der Waals surface area (Å²) in [6.07, 6.45) is 1.97. The molecule has 0 aliphatic rings. The van der Waals surface area contributed by atoms with E-state index in [1.54, 1.807) is 0 Å². The summed E-state index contributed by atoms with van der Waals surface area (Å²) in [5, 5.41) is 2.21. The predicted octanol–water partition coefficient (Wildman–Crippen LogP) is 2.92. The van der Waals surface area contributed by atoms with E-state index in [0.29, 0.717) is 19.4 Å². The van der Waals surface area contributed by atoms with Gasteiger partial charge in [-0.25, -0.2) is 22.0 Å². The van der Waals surface area contributed by atoms with Gasteiger partial charge in [-0.3, -0.25) is 0 Å². The summed E-state index contributed by atoms with van der Waals surface area (Å²) in [7, 11) is 0. The molecule has 0 bridgehead atoms. The zero-order chi connectivity index (χ0) is 13.7. The van der Waals surface area contributed by atoms with Crippen LogP contribution in [0.15, 0.2) is 0 Å². The number of benzene rings is 1. The summed E-state index contributed by atoms with van der Waals surface area (Å²) in [5.41, 5.74) is 4.26. The average molecular weight is 268 g/mol. The van der Waals surface area contributed by atoms with Crippen molar-refractivity contribution in [3.05, 3.63) is 29.1 Å². The third kappa shape index (κ3) is 3.10. The van der Waals surface area contributed by atoms with Gasteiger partial charge in [0.05, 0.1) is 0 Å². The summed E-state index contributed by atoms with van der Waals surface area (Å²) < 4.78 is 64.7. The monoisotopic (exact) mass is 268 g/mol. The predicted molar refractivity (Wildman–Crippen MR) is 57.6 cm³/mol. The van der Waals surface area contributed by atoms with E-state index in [1.165, 1.54) is 0 Å². The minimum atomic E-state index is -2.15. The Bertz CT molecular complexity index is 393. The molecule has 0 aliphatic heterocycles. The van der Waals surface area contributed by atoms with E-state index in [0.717, 1.165) is 6.42 Å². The summed E-state index contributed by atoms with van der Waals surface area (Å²) in [5.74, 6) is -9.73. The number of nitrogens with two attached hydrogens (primary N) is 1. The van der Waals surface area contributed by atoms with Crippen LogP contribution in [-0.4, -0.2) is 13.1 Å². The SMILES string of the molecule is NCCCCCNc1c(F)c(F)c(F)c(F)c1F. The van der Waals surface area contributed by atoms with Crippen molar-refractivity contribution in [2.75, 3.05) is 18.4 Å². The average Bonchev–Trinajstić information content (AvgIpc) is 2.37. The van der Waals surface area contributed by atoms with Crippen molar-refractivity contribution in [1.82, 2.24) is 0 Å². The van der Waals surface area contributed by atoms with Gasteiger partial charge in [-0.05, 0) is 19.4 Å². The van der Waals surface area contributed by atoms with E-state index in [-0.39, 0.29) is 6.54 Å². The molecular weight excluding hydrogens is 255 g/mol. The van der Waals surface area contributed by atoms with Gasteiger partial charge >= 0.3 is 0 Å². The fraction of sp³-hybridized carbons (Fsp3) is 0.455. The van der Waals surface area contributed by atoms with Crippen LogP contribution in [0.25, 0.3) is 0 Å². The topological polar surface area (TPSA) is 38.0 Å². The number of rotatable bonds is 6. The Kier molecular flexibility index (Phi) is 5.33. The van der Waals surface area contributed by atoms with Crippen molar-refractivity contribution < 1.29 is 22.0 Å². The molecule has 0 aliphatic carbocycles. The van der Waals surface area contributed by atoms with Crippen LogP contribution in [0.5, 0.6) is 0 Å². The van der Waals surface area contributed by atoms with Gasteiger partial charge in [0, 0.05) is 6.54 Å². The second-order valence-corrected chi connectivity index (χ2v) is 3.72. The Hall–Kier alpha value is -1.37. The lowest BCUT2D eigenvalue weighted by molar-refractivity contribution is 0.381. The number of halogens is 5. The first-order valence-corrected chi connectivity index (χ1v) is 5.46. The van der Waals surface area contributed by atoms with E-state index in [1.807, 2.05) is 0 Å². The third-order valence-corrected chi connectivity index (χ3v) is 2.39. The number of hydrogen-bond acceptors (Lipinski definition) is 2. The minimum Gasteiger partial charge on any atom is -0.380 e. The molecule has 0 saturated heterocycles. The molecule has 0 fully saturated rings. The molecule has 18 heavy (non-hydrogen) atoms. The second kappa shape index (κ2) is 6.53. The Balaban J connectivity index is 2.77. The summed E-state index contributed by atoms with van der Waals surface area (Å²) in [6.45, 7) is 0.598. The number of nitrogens with one attached hydrogen (secondary N) is 1. The van der Waals surface area contributed by atoms with Crippen molar-refractivity contribution in [1.29, 1.82) is 0 Å². The zero-order valence-electron chi connectivity index (χ0n) is 9.50. The number of hydrogen-bond donors (Lipinski definition) is 2. The quantitative estimate of drug-likeness (QED) is 0.360. The van der Waals surface area contributed by atoms with Gasteiger partial charge < -0.3 is 11.1 Å². The molecule has 0 heterocycles. The fourth-order valence-electron chi connectivity index (χ4n) is 1.42. The lowest BCUT2D eigenvalue weighted by Gasteiger charge is -2.10. The van der Waals surface area contributed by atoms with Crippen molar-refractivity contribution in [2.45, 2.75) is 19.3 Å². The first-order chi connectivity index (χ1) is 8.50. The van der Waals surface area contributed by atoms with Crippen molar-refractivity contribution in [3.8, 4) is 0 Å². The zero-order valence-corrected chi connectivity index (χ0v) is 9.50. The Morgan fingerprint density at radius 3 is 1.72 bits per heavy atom. The maximum Gasteiger partial charge on any atom is 0.200 e.